The highest BCUT2D eigenvalue weighted by Crippen LogP contribution is 2.11. The molecule has 0 aromatic heterocycles. The van der Waals surface area contributed by atoms with Crippen LogP contribution in [0.1, 0.15) is 25.7 Å². The monoisotopic (exact) mass is 200 g/mol. The Morgan fingerprint density at radius 2 is 2.36 bits per heavy atom. The molecule has 1 atom stereocenters. The number of amides is 1. The van der Waals surface area contributed by atoms with E-state index in [0.717, 1.165) is 32.4 Å². The third kappa shape index (κ3) is 4.58. The highest BCUT2D eigenvalue weighted by molar-refractivity contribution is 5.76. The van der Waals surface area contributed by atoms with Crippen LogP contribution in [0.4, 0.5) is 0 Å². The molecule has 1 rings (SSSR count). The van der Waals surface area contributed by atoms with Crippen LogP contribution < -0.4 is 10.6 Å². The van der Waals surface area contributed by atoms with Gasteiger partial charge in [-0.2, -0.15) is 0 Å². The quantitative estimate of drug-likeness (QED) is 0.524. The minimum absolute atomic E-state index is 0.150. The zero-order valence-corrected chi connectivity index (χ0v) is 8.59. The molecular formula is C10H20N2O2. The normalized spacial score (nSPS) is 21.1. The van der Waals surface area contributed by atoms with Crippen molar-refractivity contribution in [2.75, 3.05) is 26.2 Å². The van der Waals surface area contributed by atoms with E-state index in [9.17, 15) is 4.79 Å². The fourth-order valence-electron chi connectivity index (χ4n) is 1.69. The molecule has 0 radical (unpaired) electrons. The average molecular weight is 200 g/mol. The van der Waals surface area contributed by atoms with Crippen molar-refractivity contribution >= 4 is 5.91 Å². The first-order chi connectivity index (χ1) is 6.83. The van der Waals surface area contributed by atoms with E-state index in [1.54, 1.807) is 0 Å². The molecule has 1 aliphatic heterocycles. The first-order valence-electron chi connectivity index (χ1n) is 5.41. The van der Waals surface area contributed by atoms with Crippen LogP contribution in [-0.4, -0.2) is 37.3 Å². The van der Waals surface area contributed by atoms with Crippen molar-refractivity contribution in [3.8, 4) is 0 Å². The summed E-state index contributed by atoms with van der Waals surface area (Å²) in [5, 5.41) is 14.6. The number of carbonyl (C=O) groups excluding carboxylic acids is 1. The van der Waals surface area contributed by atoms with Crippen molar-refractivity contribution in [2.24, 2.45) is 5.92 Å². The molecule has 4 nitrogen and oxygen atoms in total. The maximum absolute atomic E-state index is 11.4. The molecule has 1 saturated heterocycles. The van der Waals surface area contributed by atoms with Gasteiger partial charge in [0.1, 0.15) is 0 Å². The number of unbranched alkanes of at least 4 members (excludes halogenated alkanes) is 1. The molecular weight excluding hydrogens is 180 g/mol. The summed E-state index contributed by atoms with van der Waals surface area (Å²) < 4.78 is 0. The number of rotatable bonds is 6. The SMILES string of the molecule is O=C(CC1CCNC1)NCCCCO. The van der Waals surface area contributed by atoms with Crippen LogP contribution in [0.15, 0.2) is 0 Å². The van der Waals surface area contributed by atoms with Gasteiger partial charge < -0.3 is 15.7 Å². The molecule has 0 bridgehead atoms. The topological polar surface area (TPSA) is 61.4 Å². The van der Waals surface area contributed by atoms with Crippen LogP contribution in [0.5, 0.6) is 0 Å². The van der Waals surface area contributed by atoms with Crippen molar-refractivity contribution in [3.05, 3.63) is 0 Å². The Hall–Kier alpha value is -0.610. The number of hydrogen-bond acceptors (Lipinski definition) is 3. The number of hydrogen-bond donors (Lipinski definition) is 3. The van der Waals surface area contributed by atoms with Crippen LogP contribution in [-0.2, 0) is 4.79 Å². The summed E-state index contributed by atoms with van der Waals surface area (Å²) >= 11 is 0. The van der Waals surface area contributed by atoms with Gasteiger partial charge in [0, 0.05) is 19.6 Å². The number of aliphatic hydroxyl groups is 1. The van der Waals surface area contributed by atoms with Crippen molar-refractivity contribution in [1.82, 2.24) is 10.6 Å². The first kappa shape index (κ1) is 11.5. The smallest absolute Gasteiger partial charge is 0.220 e. The molecule has 1 unspecified atom stereocenters. The van der Waals surface area contributed by atoms with Crippen molar-refractivity contribution in [1.29, 1.82) is 0 Å². The highest BCUT2D eigenvalue weighted by Gasteiger charge is 2.17. The van der Waals surface area contributed by atoms with Crippen LogP contribution in [0, 0.1) is 5.92 Å². The number of aliphatic hydroxyl groups excluding tert-OH is 1. The largest absolute Gasteiger partial charge is 0.396 e. The molecule has 1 aliphatic rings. The van der Waals surface area contributed by atoms with Gasteiger partial charge in [0.15, 0.2) is 0 Å². The van der Waals surface area contributed by atoms with Gasteiger partial charge in [0.2, 0.25) is 5.91 Å². The van der Waals surface area contributed by atoms with Crippen LogP contribution >= 0.6 is 0 Å². The number of nitrogens with one attached hydrogen (secondary N) is 2. The Kier molecular flexibility index (Phi) is 5.56. The molecule has 0 aliphatic carbocycles. The zero-order chi connectivity index (χ0) is 10.2. The van der Waals surface area contributed by atoms with Gasteiger partial charge in [-0.25, -0.2) is 0 Å². The fourth-order valence-corrected chi connectivity index (χ4v) is 1.69. The molecule has 3 N–H and O–H groups in total. The Morgan fingerprint density at radius 1 is 1.50 bits per heavy atom. The summed E-state index contributed by atoms with van der Waals surface area (Å²) in [7, 11) is 0. The Bertz CT molecular complexity index is 168. The third-order valence-electron chi connectivity index (χ3n) is 2.54. The Labute approximate surface area is 85.1 Å². The Morgan fingerprint density at radius 3 is 3.00 bits per heavy atom. The maximum atomic E-state index is 11.4. The second-order valence-corrected chi connectivity index (χ2v) is 3.84. The van der Waals surface area contributed by atoms with Crippen LogP contribution in [0.25, 0.3) is 0 Å². The lowest BCUT2D eigenvalue weighted by atomic mass is 10.0. The van der Waals surface area contributed by atoms with Gasteiger partial charge in [-0.1, -0.05) is 0 Å². The Balaban J connectivity index is 1.98. The van der Waals surface area contributed by atoms with E-state index < -0.39 is 0 Å². The standard InChI is InChI=1S/C10H20N2O2/c13-6-2-1-4-12-10(14)7-9-3-5-11-8-9/h9,11,13H,1-8H2,(H,12,14). The highest BCUT2D eigenvalue weighted by atomic mass is 16.2. The molecule has 82 valence electrons. The lowest BCUT2D eigenvalue weighted by Gasteiger charge is -2.08. The van der Waals surface area contributed by atoms with Gasteiger partial charge in [-0.15, -0.1) is 0 Å². The molecule has 1 amide bonds. The zero-order valence-electron chi connectivity index (χ0n) is 8.59. The second kappa shape index (κ2) is 6.79. The second-order valence-electron chi connectivity index (χ2n) is 3.84. The summed E-state index contributed by atoms with van der Waals surface area (Å²) in [5.74, 6) is 0.671. The lowest BCUT2D eigenvalue weighted by molar-refractivity contribution is -0.121. The summed E-state index contributed by atoms with van der Waals surface area (Å²) in [6, 6.07) is 0. The first-order valence-corrected chi connectivity index (χ1v) is 5.41. The van der Waals surface area contributed by atoms with E-state index in [0.29, 0.717) is 18.9 Å². The number of carbonyl (C=O) groups is 1. The van der Waals surface area contributed by atoms with Crippen LogP contribution in [0.2, 0.25) is 0 Å². The molecule has 1 fully saturated rings. The van der Waals surface area contributed by atoms with E-state index in [4.69, 9.17) is 5.11 Å². The molecule has 1 heterocycles. The predicted octanol–water partition coefficient (Wildman–Crippen LogP) is -0.125. The summed E-state index contributed by atoms with van der Waals surface area (Å²) in [4.78, 5) is 11.4. The fraction of sp³-hybridized carbons (Fsp3) is 0.900. The molecule has 0 saturated carbocycles. The average Bonchev–Trinajstić information content (AvgIpc) is 2.65. The van der Waals surface area contributed by atoms with Gasteiger partial charge in [-0.3, -0.25) is 4.79 Å². The molecule has 4 heteroatoms. The van der Waals surface area contributed by atoms with Gasteiger partial charge >= 0.3 is 0 Å². The van der Waals surface area contributed by atoms with Crippen molar-refractivity contribution in [2.45, 2.75) is 25.7 Å². The van der Waals surface area contributed by atoms with E-state index >= 15 is 0 Å². The van der Waals surface area contributed by atoms with Crippen molar-refractivity contribution in [3.63, 3.8) is 0 Å². The third-order valence-corrected chi connectivity index (χ3v) is 2.54. The van der Waals surface area contributed by atoms with Crippen molar-refractivity contribution < 1.29 is 9.90 Å². The molecule has 0 aromatic carbocycles. The van der Waals surface area contributed by atoms with Gasteiger partial charge in [0.05, 0.1) is 0 Å². The van der Waals surface area contributed by atoms with E-state index in [2.05, 4.69) is 10.6 Å². The minimum atomic E-state index is 0.150. The molecule has 0 aromatic rings. The molecule has 0 spiro atoms. The van der Waals surface area contributed by atoms with Crippen LogP contribution in [0.3, 0.4) is 0 Å². The van der Waals surface area contributed by atoms with Gasteiger partial charge in [0.25, 0.3) is 0 Å². The van der Waals surface area contributed by atoms with E-state index in [1.807, 2.05) is 0 Å². The maximum Gasteiger partial charge on any atom is 0.220 e. The lowest BCUT2D eigenvalue weighted by Crippen LogP contribution is -2.27. The molecule has 14 heavy (non-hydrogen) atoms. The predicted molar refractivity (Wildman–Crippen MR) is 54.9 cm³/mol. The minimum Gasteiger partial charge on any atom is -0.396 e. The van der Waals surface area contributed by atoms with E-state index in [-0.39, 0.29) is 12.5 Å². The van der Waals surface area contributed by atoms with E-state index in [1.165, 1.54) is 0 Å². The summed E-state index contributed by atoms with van der Waals surface area (Å²) in [5.41, 5.74) is 0. The summed E-state index contributed by atoms with van der Waals surface area (Å²) in [6.07, 6.45) is 3.40. The summed E-state index contributed by atoms with van der Waals surface area (Å²) in [6.45, 7) is 2.93. The van der Waals surface area contributed by atoms with Gasteiger partial charge in [-0.05, 0) is 38.3 Å².